The number of carbonyl (C=O) groups excluding carboxylic acids is 1. The lowest BCUT2D eigenvalue weighted by molar-refractivity contribution is -0.387. The number of piperazine rings is 1. The Labute approximate surface area is 191 Å². The summed E-state index contributed by atoms with van der Waals surface area (Å²) in [7, 11) is 2.04. The van der Waals surface area contributed by atoms with Crippen molar-refractivity contribution in [3.8, 4) is 0 Å². The molecule has 0 saturated carbocycles. The summed E-state index contributed by atoms with van der Waals surface area (Å²) in [4.78, 5) is 28.6. The summed E-state index contributed by atoms with van der Waals surface area (Å²) in [6, 6.07) is 4.96. The molecule has 1 saturated heterocycles. The smallest absolute Gasteiger partial charge is 0.283 e. The highest BCUT2D eigenvalue weighted by atomic mass is 32.2. The third-order valence-electron chi connectivity index (χ3n) is 5.95. The van der Waals surface area contributed by atoms with Gasteiger partial charge in [0.05, 0.1) is 9.82 Å². The molecule has 0 spiro atoms. The first-order valence-corrected chi connectivity index (χ1v) is 12.9. The third-order valence-corrected chi connectivity index (χ3v) is 7.10. The Kier molecular flexibility index (Phi) is 12.0. The Balaban J connectivity index is 1.74. The van der Waals surface area contributed by atoms with Crippen molar-refractivity contribution in [2.75, 3.05) is 39.0 Å². The summed E-state index contributed by atoms with van der Waals surface area (Å²) >= 11 is 1.54. The molecule has 0 aliphatic carbocycles. The molecule has 1 aliphatic heterocycles. The molecule has 0 atom stereocenters. The van der Waals surface area contributed by atoms with Crippen molar-refractivity contribution < 1.29 is 9.72 Å². The van der Waals surface area contributed by atoms with E-state index < -0.39 is 0 Å². The van der Waals surface area contributed by atoms with E-state index >= 15 is 0 Å². The number of likely N-dealkylation sites (N-methyl/N-ethyl adjacent to an activating group) is 1. The van der Waals surface area contributed by atoms with Gasteiger partial charge in [-0.1, -0.05) is 64.7 Å². The zero-order chi connectivity index (χ0) is 22.5. The van der Waals surface area contributed by atoms with E-state index in [1.54, 1.807) is 17.0 Å². The van der Waals surface area contributed by atoms with Gasteiger partial charge in [-0.2, -0.15) is 0 Å². The molecule has 1 heterocycles. The maximum Gasteiger partial charge on any atom is 0.283 e. The monoisotopic (exact) mass is 449 g/mol. The van der Waals surface area contributed by atoms with E-state index in [4.69, 9.17) is 0 Å². The summed E-state index contributed by atoms with van der Waals surface area (Å²) in [5, 5.41) is 11.6. The van der Waals surface area contributed by atoms with E-state index in [0.29, 0.717) is 23.5 Å². The van der Waals surface area contributed by atoms with Gasteiger partial charge in [-0.25, -0.2) is 0 Å². The van der Waals surface area contributed by atoms with E-state index in [1.807, 2.05) is 7.05 Å². The second-order valence-corrected chi connectivity index (χ2v) is 9.70. The predicted octanol–water partition coefficient (Wildman–Crippen LogP) is 6.00. The molecule has 1 aromatic rings. The van der Waals surface area contributed by atoms with Gasteiger partial charge in [-0.3, -0.25) is 14.9 Å². The van der Waals surface area contributed by atoms with Gasteiger partial charge in [-0.05, 0) is 31.4 Å². The molecule has 1 fully saturated rings. The molecule has 0 N–H and O–H groups in total. The maximum absolute atomic E-state index is 12.7. The minimum Gasteiger partial charge on any atom is -0.336 e. The van der Waals surface area contributed by atoms with Gasteiger partial charge >= 0.3 is 0 Å². The topological polar surface area (TPSA) is 66.7 Å². The van der Waals surface area contributed by atoms with Crippen molar-refractivity contribution in [1.82, 2.24) is 9.80 Å². The Morgan fingerprint density at radius 1 is 0.968 bits per heavy atom. The molecule has 174 valence electrons. The van der Waals surface area contributed by atoms with Crippen LogP contribution in [0, 0.1) is 10.1 Å². The van der Waals surface area contributed by atoms with Crippen LogP contribution in [0.25, 0.3) is 0 Å². The van der Waals surface area contributed by atoms with Crippen LogP contribution in [0.2, 0.25) is 0 Å². The van der Waals surface area contributed by atoms with Gasteiger partial charge < -0.3 is 9.80 Å². The van der Waals surface area contributed by atoms with E-state index in [2.05, 4.69) is 11.8 Å². The summed E-state index contributed by atoms with van der Waals surface area (Å²) in [5.41, 5.74) is 0.469. The second-order valence-electron chi connectivity index (χ2n) is 8.57. The minimum atomic E-state index is -0.359. The van der Waals surface area contributed by atoms with Gasteiger partial charge in [-0.15, -0.1) is 11.8 Å². The van der Waals surface area contributed by atoms with Gasteiger partial charge in [0.2, 0.25) is 0 Å². The Hall–Kier alpha value is -1.60. The lowest BCUT2D eigenvalue weighted by Gasteiger charge is -2.32. The van der Waals surface area contributed by atoms with Crippen molar-refractivity contribution >= 4 is 23.4 Å². The number of thioether (sulfide) groups is 1. The van der Waals surface area contributed by atoms with Gasteiger partial charge in [0.1, 0.15) is 0 Å². The Morgan fingerprint density at radius 2 is 1.55 bits per heavy atom. The fraction of sp³-hybridized carbons (Fsp3) is 0.708. The first-order chi connectivity index (χ1) is 15.0. The molecule has 1 amide bonds. The molecule has 0 aromatic heterocycles. The molecule has 1 aromatic carbocycles. The number of rotatable bonds is 14. The molecular formula is C24H39N3O3S. The van der Waals surface area contributed by atoms with Crippen molar-refractivity contribution in [3.05, 3.63) is 33.9 Å². The number of nitro benzene ring substituents is 1. The molecule has 7 heteroatoms. The first kappa shape index (κ1) is 25.7. The van der Waals surface area contributed by atoms with Crippen LogP contribution in [-0.4, -0.2) is 59.6 Å². The molecule has 6 nitrogen and oxygen atoms in total. The second kappa shape index (κ2) is 14.5. The van der Waals surface area contributed by atoms with Crippen molar-refractivity contribution in [3.63, 3.8) is 0 Å². The van der Waals surface area contributed by atoms with E-state index in [0.717, 1.165) is 25.3 Å². The van der Waals surface area contributed by atoms with Crippen LogP contribution in [0.4, 0.5) is 5.69 Å². The maximum atomic E-state index is 12.7. The largest absolute Gasteiger partial charge is 0.336 e. The molecule has 0 unspecified atom stereocenters. The number of nitro groups is 1. The van der Waals surface area contributed by atoms with Crippen molar-refractivity contribution in [2.24, 2.45) is 0 Å². The lowest BCUT2D eigenvalue weighted by atomic mass is 10.1. The lowest BCUT2D eigenvalue weighted by Crippen LogP contribution is -2.47. The van der Waals surface area contributed by atoms with Crippen LogP contribution in [0.5, 0.6) is 0 Å². The number of unbranched alkanes of at least 4 members (excludes halogenated alkanes) is 9. The molecule has 0 bridgehead atoms. The molecule has 2 rings (SSSR count). The third kappa shape index (κ3) is 9.19. The minimum absolute atomic E-state index is 0.0528. The molecular weight excluding hydrogens is 410 g/mol. The van der Waals surface area contributed by atoms with E-state index in [1.165, 1.54) is 75.6 Å². The first-order valence-electron chi connectivity index (χ1n) is 11.9. The molecule has 31 heavy (non-hydrogen) atoms. The van der Waals surface area contributed by atoms with E-state index in [-0.39, 0.29) is 16.5 Å². The highest BCUT2D eigenvalue weighted by Gasteiger charge is 2.23. The van der Waals surface area contributed by atoms with Gasteiger partial charge in [0.25, 0.3) is 11.6 Å². The van der Waals surface area contributed by atoms with E-state index in [9.17, 15) is 14.9 Å². The Morgan fingerprint density at radius 3 is 2.13 bits per heavy atom. The van der Waals surface area contributed by atoms with Gasteiger partial charge in [0, 0.05) is 37.8 Å². The number of hydrogen-bond acceptors (Lipinski definition) is 5. The normalized spacial score (nSPS) is 14.7. The number of amides is 1. The molecule has 1 aliphatic rings. The number of nitrogens with zero attached hydrogens (tertiary/aromatic N) is 3. The quantitative estimate of drug-likeness (QED) is 0.151. The average molecular weight is 450 g/mol. The van der Waals surface area contributed by atoms with Crippen LogP contribution in [0.3, 0.4) is 0 Å². The van der Waals surface area contributed by atoms with Crippen LogP contribution >= 0.6 is 11.8 Å². The van der Waals surface area contributed by atoms with Gasteiger partial charge in [0.15, 0.2) is 0 Å². The summed E-state index contributed by atoms with van der Waals surface area (Å²) in [5.74, 6) is 0.769. The SMILES string of the molecule is CCCCCCCCCCCCSc1ccc(C(=O)N2CCN(C)CC2)cc1[N+](=O)[O-]. The highest BCUT2D eigenvalue weighted by molar-refractivity contribution is 7.99. The van der Waals surface area contributed by atoms with Crippen molar-refractivity contribution in [1.29, 1.82) is 0 Å². The van der Waals surface area contributed by atoms with Crippen LogP contribution in [-0.2, 0) is 0 Å². The summed E-state index contributed by atoms with van der Waals surface area (Å²) < 4.78 is 0. The zero-order valence-corrected chi connectivity index (χ0v) is 20.1. The van der Waals surface area contributed by atoms with Crippen LogP contribution < -0.4 is 0 Å². The highest BCUT2D eigenvalue weighted by Crippen LogP contribution is 2.31. The fourth-order valence-corrected chi connectivity index (χ4v) is 4.89. The standard InChI is InChI=1S/C24H39N3O3S/c1-3-4-5-6-7-8-9-10-11-12-19-31-23-14-13-21(20-22(23)27(29)30)24(28)26-17-15-25(2)16-18-26/h13-14,20H,3-12,15-19H2,1-2H3. The fourth-order valence-electron chi connectivity index (χ4n) is 3.88. The zero-order valence-electron chi connectivity index (χ0n) is 19.3. The average Bonchev–Trinajstić information content (AvgIpc) is 2.77. The molecule has 0 radical (unpaired) electrons. The number of benzene rings is 1. The van der Waals surface area contributed by atoms with Crippen molar-refractivity contribution in [2.45, 2.75) is 76.0 Å². The summed E-state index contributed by atoms with van der Waals surface area (Å²) in [6.07, 6.45) is 12.8. The van der Waals surface area contributed by atoms with Crippen LogP contribution in [0.1, 0.15) is 81.5 Å². The van der Waals surface area contributed by atoms with Crippen LogP contribution in [0.15, 0.2) is 23.1 Å². The Bertz CT molecular complexity index is 691. The predicted molar refractivity (Wildman–Crippen MR) is 129 cm³/mol. The number of hydrogen-bond donors (Lipinski definition) is 0. The summed E-state index contributed by atoms with van der Waals surface area (Å²) in [6.45, 7) is 5.24. The number of carbonyl (C=O) groups is 1.